The van der Waals surface area contributed by atoms with Crippen LogP contribution in [0.2, 0.25) is 0 Å². The molecule has 0 spiro atoms. The second-order valence-electron chi connectivity index (χ2n) is 3.53. The van der Waals surface area contributed by atoms with Crippen LogP contribution in [0.3, 0.4) is 0 Å². The highest BCUT2D eigenvalue weighted by atomic mass is 16.2. The second-order valence-corrected chi connectivity index (χ2v) is 3.53. The monoisotopic (exact) mass is 234 g/mol. The Bertz CT molecular complexity index is 403. The van der Waals surface area contributed by atoms with Gasteiger partial charge in [-0.2, -0.15) is 0 Å². The maximum atomic E-state index is 11.4. The Morgan fingerprint density at radius 1 is 1.29 bits per heavy atom. The fourth-order valence-corrected chi connectivity index (χ4v) is 1.32. The minimum atomic E-state index is -0.698. The molecule has 1 aromatic carbocycles. The molecule has 17 heavy (non-hydrogen) atoms. The first-order chi connectivity index (χ1) is 8.15. The molecular formula is C12H14N2O3. The first kappa shape index (κ1) is 12.9. The number of benzene rings is 1. The van der Waals surface area contributed by atoms with Crippen molar-refractivity contribution < 1.29 is 14.4 Å². The van der Waals surface area contributed by atoms with E-state index >= 15 is 0 Å². The van der Waals surface area contributed by atoms with E-state index in [0.29, 0.717) is 6.41 Å². The minimum Gasteiger partial charge on any atom is -0.351 e. The van der Waals surface area contributed by atoms with Gasteiger partial charge in [-0.1, -0.05) is 30.3 Å². The molecule has 1 unspecified atom stereocenters. The van der Waals surface area contributed by atoms with Gasteiger partial charge in [0.1, 0.15) is 0 Å². The van der Waals surface area contributed by atoms with Gasteiger partial charge in [0, 0.05) is 0 Å². The molecule has 0 aliphatic heterocycles. The Morgan fingerprint density at radius 2 is 1.94 bits per heavy atom. The number of hydrogen-bond donors (Lipinski definition) is 2. The maximum absolute atomic E-state index is 11.4. The highest BCUT2D eigenvalue weighted by Crippen LogP contribution is 2.10. The molecule has 5 nitrogen and oxygen atoms in total. The van der Waals surface area contributed by atoms with Crippen molar-refractivity contribution in [3.63, 3.8) is 0 Å². The van der Waals surface area contributed by atoms with Crippen LogP contribution in [0.5, 0.6) is 0 Å². The van der Waals surface area contributed by atoms with E-state index in [-0.39, 0.29) is 12.6 Å². The molecule has 0 bridgehead atoms. The summed E-state index contributed by atoms with van der Waals surface area (Å²) in [5.41, 5.74) is 0.914. The lowest BCUT2D eigenvalue weighted by atomic mass is 10.1. The van der Waals surface area contributed by atoms with E-state index in [2.05, 4.69) is 10.6 Å². The van der Waals surface area contributed by atoms with Gasteiger partial charge in [0.25, 0.3) is 5.91 Å². The molecule has 0 aliphatic carbocycles. The van der Waals surface area contributed by atoms with E-state index in [1.54, 1.807) is 6.92 Å². The molecule has 0 fully saturated rings. The summed E-state index contributed by atoms with van der Waals surface area (Å²) in [5.74, 6) is -1.37. The van der Waals surface area contributed by atoms with Crippen LogP contribution in [-0.2, 0) is 14.4 Å². The summed E-state index contributed by atoms with van der Waals surface area (Å²) in [4.78, 5) is 32.6. The summed E-state index contributed by atoms with van der Waals surface area (Å²) < 4.78 is 0. The first-order valence-corrected chi connectivity index (χ1v) is 5.21. The van der Waals surface area contributed by atoms with Crippen LogP contribution in [0.1, 0.15) is 18.5 Å². The molecule has 0 aromatic heterocycles. The zero-order valence-corrected chi connectivity index (χ0v) is 9.47. The average molecular weight is 234 g/mol. The lowest BCUT2D eigenvalue weighted by Gasteiger charge is -2.13. The molecule has 1 rings (SSSR count). The number of nitrogens with one attached hydrogen (secondary N) is 2. The van der Waals surface area contributed by atoms with Gasteiger partial charge in [0.2, 0.25) is 12.2 Å². The summed E-state index contributed by atoms with van der Waals surface area (Å²) in [6, 6.07) is 9.06. The molecule has 0 aliphatic rings. The summed E-state index contributed by atoms with van der Waals surface area (Å²) >= 11 is 0. The van der Waals surface area contributed by atoms with Gasteiger partial charge in [0.15, 0.2) is 0 Å². The van der Waals surface area contributed by atoms with E-state index in [0.717, 1.165) is 5.56 Å². The van der Waals surface area contributed by atoms with E-state index in [9.17, 15) is 14.4 Å². The van der Waals surface area contributed by atoms with Crippen LogP contribution in [0.4, 0.5) is 0 Å². The van der Waals surface area contributed by atoms with Gasteiger partial charge < -0.3 is 10.6 Å². The van der Waals surface area contributed by atoms with Crippen molar-refractivity contribution >= 4 is 18.1 Å². The number of ketones is 1. The van der Waals surface area contributed by atoms with Crippen molar-refractivity contribution in [2.75, 3.05) is 6.54 Å². The predicted octanol–water partition coefficient (Wildman–Crippen LogP) is 0.179. The fraction of sp³-hybridized carbons (Fsp3) is 0.250. The van der Waals surface area contributed by atoms with Gasteiger partial charge in [-0.25, -0.2) is 0 Å². The molecule has 1 atom stereocenters. The molecule has 90 valence electrons. The molecule has 0 heterocycles. The zero-order valence-electron chi connectivity index (χ0n) is 9.47. The van der Waals surface area contributed by atoms with Crippen molar-refractivity contribution in [1.82, 2.24) is 10.6 Å². The lowest BCUT2D eigenvalue weighted by Crippen LogP contribution is -2.38. The highest BCUT2D eigenvalue weighted by Gasteiger charge is 2.16. The molecule has 2 N–H and O–H groups in total. The summed E-state index contributed by atoms with van der Waals surface area (Å²) in [6.07, 6.45) is 0.381. The van der Waals surface area contributed by atoms with Crippen LogP contribution >= 0.6 is 0 Å². The van der Waals surface area contributed by atoms with Crippen LogP contribution < -0.4 is 10.6 Å². The molecule has 2 amide bonds. The van der Waals surface area contributed by atoms with E-state index in [1.165, 1.54) is 0 Å². The van der Waals surface area contributed by atoms with Gasteiger partial charge in [-0.15, -0.1) is 0 Å². The highest BCUT2D eigenvalue weighted by molar-refractivity contribution is 6.37. The van der Waals surface area contributed by atoms with Crippen LogP contribution in [0.25, 0.3) is 0 Å². The van der Waals surface area contributed by atoms with Crippen LogP contribution in [-0.4, -0.2) is 24.6 Å². The Balaban J connectivity index is 2.51. The minimum absolute atomic E-state index is 0.246. The third-order valence-corrected chi connectivity index (χ3v) is 2.25. The maximum Gasteiger partial charge on any atom is 0.289 e. The summed E-state index contributed by atoms with van der Waals surface area (Å²) in [5, 5.41) is 4.71. The molecule has 0 saturated heterocycles. The van der Waals surface area contributed by atoms with Gasteiger partial charge in [0.05, 0.1) is 12.6 Å². The Labute approximate surface area is 99.2 Å². The van der Waals surface area contributed by atoms with Crippen molar-refractivity contribution in [2.45, 2.75) is 13.0 Å². The number of amides is 2. The third kappa shape index (κ3) is 4.06. The van der Waals surface area contributed by atoms with Crippen LogP contribution in [0.15, 0.2) is 30.3 Å². The molecule has 5 heteroatoms. The Kier molecular flexibility index (Phi) is 4.87. The van der Waals surface area contributed by atoms with Gasteiger partial charge in [-0.3, -0.25) is 14.4 Å². The lowest BCUT2D eigenvalue weighted by molar-refractivity contribution is -0.138. The summed E-state index contributed by atoms with van der Waals surface area (Å²) in [7, 11) is 0. The SMILES string of the molecule is CC(NC(=O)C(=O)CNC=O)c1ccccc1. The number of rotatable bonds is 6. The van der Waals surface area contributed by atoms with E-state index < -0.39 is 11.7 Å². The van der Waals surface area contributed by atoms with Crippen molar-refractivity contribution in [1.29, 1.82) is 0 Å². The standard InChI is InChI=1S/C12H14N2O3/c1-9(10-5-3-2-4-6-10)14-12(17)11(16)7-13-8-15/h2-6,8-9H,7H2,1H3,(H,13,15)(H,14,17). The predicted molar refractivity (Wildman–Crippen MR) is 62.1 cm³/mol. The fourth-order valence-electron chi connectivity index (χ4n) is 1.32. The quantitative estimate of drug-likeness (QED) is 0.544. The Hall–Kier alpha value is -2.17. The van der Waals surface area contributed by atoms with Crippen molar-refractivity contribution in [2.24, 2.45) is 0 Å². The first-order valence-electron chi connectivity index (χ1n) is 5.21. The van der Waals surface area contributed by atoms with Crippen LogP contribution in [0, 0.1) is 0 Å². The van der Waals surface area contributed by atoms with E-state index in [4.69, 9.17) is 0 Å². The average Bonchev–Trinajstić information content (AvgIpc) is 2.36. The van der Waals surface area contributed by atoms with Gasteiger partial charge in [-0.05, 0) is 12.5 Å². The summed E-state index contributed by atoms with van der Waals surface area (Å²) in [6.45, 7) is 1.50. The smallest absolute Gasteiger partial charge is 0.289 e. The van der Waals surface area contributed by atoms with Crippen molar-refractivity contribution in [3.05, 3.63) is 35.9 Å². The topological polar surface area (TPSA) is 75.3 Å². The number of Topliss-reactive ketones (excluding diaryl/α,β-unsaturated/α-hetero) is 1. The molecular weight excluding hydrogens is 220 g/mol. The van der Waals surface area contributed by atoms with Crippen molar-refractivity contribution in [3.8, 4) is 0 Å². The number of carbonyl (C=O) groups excluding carboxylic acids is 3. The van der Waals surface area contributed by atoms with Gasteiger partial charge >= 0.3 is 0 Å². The third-order valence-electron chi connectivity index (χ3n) is 2.25. The number of carbonyl (C=O) groups is 3. The molecule has 1 aromatic rings. The Morgan fingerprint density at radius 3 is 2.53 bits per heavy atom. The second kappa shape index (κ2) is 6.42. The normalized spacial score (nSPS) is 11.4. The number of hydrogen-bond acceptors (Lipinski definition) is 3. The molecule has 0 radical (unpaired) electrons. The zero-order chi connectivity index (χ0) is 12.7. The molecule has 0 saturated carbocycles. The largest absolute Gasteiger partial charge is 0.351 e. The van der Waals surface area contributed by atoms with E-state index in [1.807, 2.05) is 30.3 Å².